The predicted molar refractivity (Wildman–Crippen MR) is 111 cm³/mol. The van der Waals surface area contributed by atoms with Gasteiger partial charge >= 0.3 is 0 Å². The summed E-state index contributed by atoms with van der Waals surface area (Å²) >= 11 is 5.83. The summed E-state index contributed by atoms with van der Waals surface area (Å²) in [7, 11) is -3.60. The van der Waals surface area contributed by atoms with E-state index < -0.39 is 15.9 Å². The van der Waals surface area contributed by atoms with Gasteiger partial charge in [-0.15, -0.1) is 0 Å². The number of sulfonamides is 1. The molecule has 3 N–H and O–H groups in total. The Labute approximate surface area is 174 Å². The Morgan fingerprint density at radius 3 is 2.17 bits per heavy atom. The third-order valence-electron chi connectivity index (χ3n) is 4.88. The summed E-state index contributed by atoms with van der Waals surface area (Å²) in [6.07, 6.45) is 1.03. The molecule has 9 heteroatoms. The number of nitrogens with one attached hydrogen (secondary N) is 1. The summed E-state index contributed by atoms with van der Waals surface area (Å²) < 4.78 is 26.8. The molecule has 3 rings (SSSR count). The first-order valence-corrected chi connectivity index (χ1v) is 11.0. The largest absolute Gasteiger partial charge is 0.369 e. The number of carbonyl (C=O) groups excluding carboxylic acids is 2. The fraction of sp³-hybridized carbons (Fsp3) is 0.300. The molecule has 0 spiro atoms. The molecule has 154 valence electrons. The second kappa shape index (κ2) is 8.94. The van der Waals surface area contributed by atoms with Crippen LogP contribution in [0.2, 0.25) is 5.02 Å². The molecule has 1 aliphatic rings. The Bertz CT molecular complexity index is 983. The average Bonchev–Trinajstić information content (AvgIpc) is 2.69. The van der Waals surface area contributed by atoms with Crippen molar-refractivity contribution in [1.29, 1.82) is 0 Å². The first-order valence-electron chi connectivity index (χ1n) is 9.19. The van der Waals surface area contributed by atoms with Gasteiger partial charge in [0.1, 0.15) is 0 Å². The molecule has 0 unspecified atom stereocenters. The highest BCUT2D eigenvalue weighted by atomic mass is 35.5. The smallest absolute Gasteiger partial charge is 0.243 e. The number of halogens is 1. The van der Waals surface area contributed by atoms with E-state index in [-0.39, 0.29) is 36.2 Å². The number of benzene rings is 2. The number of rotatable bonds is 6. The van der Waals surface area contributed by atoms with E-state index in [1.165, 1.54) is 16.4 Å². The third-order valence-corrected chi connectivity index (χ3v) is 7.04. The van der Waals surface area contributed by atoms with E-state index in [1.54, 1.807) is 36.4 Å². The van der Waals surface area contributed by atoms with Crippen LogP contribution in [0.3, 0.4) is 0 Å². The summed E-state index contributed by atoms with van der Waals surface area (Å²) in [4.78, 5) is 23.7. The van der Waals surface area contributed by atoms with Crippen molar-refractivity contribution >= 4 is 39.1 Å². The van der Waals surface area contributed by atoms with E-state index in [2.05, 4.69) is 5.32 Å². The zero-order valence-corrected chi connectivity index (χ0v) is 17.2. The number of piperidine rings is 1. The van der Waals surface area contributed by atoms with Gasteiger partial charge < -0.3 is 11.1 Å². The van der Waals surface area contributed by atoms with Crippen molar-refractivity contribution in [1.82, 2.24) is 4.31 Å². The highest BCUT2D eigenvalue weighted by molar-refractivity contribution is 7.89. The summed E-state index contributed by atoms with van der Waals surface area (Å²) in [5.74, 6) is -0.824. The van der Waals surface area contributed by atoms with Crippen molar-refractivity contribution in [3.8, 4) is 0 Å². The van der Waals surface area contributed by atoms with Gasteiger partial charge in [-0.1, -0.05) is 23.7 Å². The van der Waals surface area contributed by atoms with Gasteiger partial charge in [-0.2, -0.15) is 4.31 Å². The van der Waals surface area contributed by atoms with Gasteiger partial charge in [0.2, 0.25) is 21.8 Å². The van der Waals surface area contributed by atoms with Crippen molar-refractivity contribution in [2.75, 3.05) is 18.4 Å². The molecule has 1 fully saturated rings. The van der Waals surface area contributed by atoms with Crippen LogP contribution in [0.5, 0.6) is 0 Å². The van der Waals surface area contributed by atoms with Crippen molar-refractivity contribution in [2.45, 2.75) is 24.2 Å². The molecule has 0 aromatic heterocycles. The number of carbonyl (C=O) groups is 2. The van der Waals surface area contributed by atoms with Gasteiger partial charge in [-0.05, 0) is 54.8 Å². The number of hydrogen-bond acceptors (Lipinski definition) is 4. The summed E-state index contributed by atoms with van der Waals surface area (Å²) in [6, 6.07) is 13.0. The zero-order valence-electron chi connectivity index (χ0n) is 15.7. The molecule has 0 bridgehead atoms. The molecule has 0 saturated carbocycles. The van der Waals surface area contributed by atoms with E-state index in [4.69, 9.17) is 17.3 Å². The monoisotopic (exact) mass is 435 g/mol. The van der Waals surface area contributed by atoms with E-state index in [9.17, 15) is 18.0 Å². The predicted octanol–water partition coefficient (Wildman–Crippen LogP) is 2.41. The van der Waals surface area contributed by atoms with E-state index >= 15 is 0 Å². The summed E-state index contributed by atoms with van der Waals surface area (Å²) in [6.45, 7) is 0.557. The molecule has 1 saturated heterocycles. The quantitative estimate of drug-likeness (QED) is 0.725. The molecular weight excluding hydrogens is 414 g/mol. The fourth-order valence-corrected chi connectivity index (χ4v) is 4.86. The van der Waals surface area contributed by atoms with Crippen LogP contribution in [-0.4, -0.2) is 37.6 Å². The van der Waals surface area contributed by atoms with Crippen LogP contribution in [0.1, 0.15) is 18.4 Å². The molecule has 1 aliphatic heterocycles. The lowest BCUT2D eigenvalue weighted by molar-refractivity contribution is -0.121. The Hall–Kier alpha value is -2.42. The molecule has 29 heavy (non-hydrogen) atoms. The van der Waals surface area contributed by atoms with E-state index in [1.807, 2.05) is 0 Å². The SMILES string of the molecule is NC(=O)Cc1ccc(NC(=O)C2CCN(S(=O)(=O)c3ccc(Cl)cc3)CC2)cc1. The maximum atomic E-state index is 12.7. The third kappa shape index (κ3) is 5.35. The van der Waals surface area contributed by atoms with Gasteiger partial charge in [0.05, 0.1) is 11.3 Å². The molecule has 0 aliphatic carbocycles. The van der Waals surface area contributed by atoms with Crippen LogP contribution in [0.4, 0.5) is 5.69 Å². The topological polar surface area (TPSA) is 110 Å². The van der Waals surface area contributed by atoms with Crippen molar-refractivity contribution in [3.63, 3.8) is 0 Å². The van der Waals surface area contributed by atoms with Crippen molar-refractivity contribution < 1.29 is 18.0 Å². The van der Waals surface area contributed by atoms with Gasteiger partial charge in [-0.3, -0.25) is 9.59 Å². The summed E-state index contributed by atoms with van der Waals surface area (Å²) in [5, 5.41) is 3.32. The maximum Gasteiger partial charge on any atom is 0.243 e. The highest BCUT2D eigenvalue weighted by Crippen LogP contribution is 2.25. The van der Waals surface area contributed by atoms with Crippen LogP contribution in [0.25, 0.3) is 0 Å². The van der Waals surface area contributed by atoms with Crippen molar-refractivity contribution in [3.05, 3.63) is 59.1 Å². The fourth-order valence-electron chi connectivity index (χ4n) is 3.27. The number of nitrogens with two attached hydrogens (primary N) is 1. The average molecular weight is 436 g/mol. The minimum atomic E-state index is -3.60. The number of amides is 2. The van der Waals surface area contributed by atoms with E-state index in [0.29, 0.717) is 23.6 Å². The van der Waals surface area contributed by atoms with Crippen LogP contribution in [0.15, 0.2) is 53.4 Å². The Morgan fingerprint density at radius 2 is 1.62 bits per heavy atom. The number of nitrogens with zero attached hydrogens (tertiary/aromatic N) is 1. The minimum absolute atomic E-state index is 0.142. The summed E-state index contributed by atoms with van der Waals surface area (Å²) in [5.41, 5.74) is 6.56. The van der Waals surface area contributed by atoms with E-state index in [0.717, 1.165) is 5.56 Å². The molecule has 0 atom stereocenters. The van der Waals surface area contributed by atoms with Crippen LogP contribution in [-0.2, 0) is 26.0 Å². The normalized spacial score (nSPS) is 15.8. The Kier molecular flexibility index (Phi) is 6.56. The minimum Gasteiger partial charge on any atom is -0.369 e. The lowest BCUT2D eigenvalue weighted by atomic mass is 9.97. The number of anilines is 1. The van der Waals surface area contributed by atoms with Crippen LogP contribution in [0, 0.1) is 5.92 Å². The Morgan fingerprint density at radius 1 is 1.03 bits per heavy atom. The lowest BCUT2D eigenvalue weighted by Crippen LogP contribution is -2.41. The van der Waals surface area contributed by atoms with Crippen molar-refractivity contribution in [2.24, 2.45) is 11.7 Å². The molecule has 1 heterocycles. The van der Waals surface area contributed by atoms with Gasteiger partial charge in [0.25, 0.3) is 0 Å². The lowest BCUT2D eigenvalue weighted by Gasteiger charge is -2.30. The second-order valence-corrected chi connectivity index (χ2v) is 9.34. The van der Waals surface area contributed by atoms with Crippen LogP contribution < -0.4 is 11.1 Å². The molecule has 2 aromatic rings. The molecule has 7 nitrogen and oxygen atoms in total. The Balaban J connectivity index is 1.56. The first kappa shape index (κ1) is 21.3. The number of hydrogen-bond donors (Lipinski definition) is 2. The second-order valence-electron chi connectivity index (χ2n) is 6.96. The molecule has 0 radical (unpaired) electrons. The van der Waals surface area contributed by atoms with Gasteiger partial charge in [-0.25, -0.2) is 8.42 Å². The van der Waals surface area contributed by atoms with Gasteiger partial charge in [0, 0.05) is 29.7 Å². The standard InChI is InChI=1S/C20H22ClN3O4S/c21-16-3-7-18(8-4-16)29(27,28)24-11-9-15(10-12-24)20(26)23-17-5-1-14(2-6-17)13-19(22)25/h1-8,15H,9-13H2,(H2,22,25)(H,23,26). The molecule has 2 amide bonds. The first-order chi connectivity index (χ1) is 13.8. The maximum absolute atomic E-state index is 12.7. The molecule has 2 aromatic carbocycles. The van der Waals surface area contributed by atoms with Gasteiger partial charge in [0.15, 0.2) is 0 Å². The molecular formula is C20H22ClN3O4S. The zero-order chi connectivity index (χ0) is 21.0. The van der Waals surface area contributed by atoms with Crippen LogP contribution >= 0.6 is 11.6 Å². The highest BCUT2D eigenvalue weighted by Gasteiger charge is 2.32. The number of primary amides is 1.